The van der Waals surface area contributed by atoms with E-state index in [1.165, 1.54) is 27.1 Å². The molecule has 1 spiro atoms. The molecule has 0 radical (unpaired) electrons. The fourth-order valence-electron chi connectivity index (χ4n) is 8.12. The molecule has 338 valence electrons. The minimum atomic E-state index is -0.777. The van der Waals surface area contributed by atoms with E-state index >= 15 is 0 Å². The Hall–Kier alpha value is -4.44. The third-order valence-corrected chi connectivity index (χ3v) is 12.1. The molecule has 1 aliphatic carbocycles. The molecule has 1 saturated carbocycles. The lowest BCUT2D eigenvalue weighted by atomic mass is 9.96. The molecule has 4 aromatic rings. The molecule has 2 saturated heterocycles. The van der Waals surface area contributed by atoms with Crippen LogP contribution in [0.4, 0.5) is 9.59 Å². The van der Waals surface area contributed by atoms with Crippen LogP contribution < -0.4 is 10.6 Å². The highest BCUT2D eigenvalue weighted by molar-refractivity contribution is 7.59. The van der Waals surface area contributed by atoms with E-state index < -0.39 is 18.2 Å². The summed E-state index contributed by atoms with van der Waals surface area (Å²) in [4.78, 5) is 71.3. The Morgan fingerprint density at radius 3 is 2.23 bits per heavy atom. The molecular weight excluding hydrogens is 865 g/mol. The van der Waals surface area contributed by atoms with Gasteiger partial charge < -0.3 is 39.9 Å². The highest BCUT2D eigenvalue weighted by atomic mass is 32.1. The number of aromatic nitrogens is 4. The number of ether oxygens (including phenoxy) is 2. The molecule has 4 N–H and O–H groups in total. The maximum Gasteiger partial charge on any atom is 0.407 e. The SMILES string of the molecule is COC(=O)NCCCC[C@H](NC(=O)OC)C(=O)N1CCC[C@H]1c1ncc(-c2ccc(C#Cc3ccc4nc([C@@H]5CC6(CC6)CN5C(=O)[C@@H](C)C(C)C)[nH]c4c3)cc2)[nH]1.S.S.S.S. The lowest BCUT2D eigenvalue weighted by Crippen LogP contribution is -2.48. The molecule has 7 rings (SSSR count). The number of hydrogen-bond donors (Lipinski definition) is 4. The summed E-state index contributed by atoms with van der Waals surface area (Å²) in [6.07, 6.45) is 7.05. The maximum absolute atomic E-state index is 13.8. The van der Waals surface area contributed by atoms with Gasteiger partial charge in [0.25, 0.3) is 0 Å². The van der Waals surface area contributed by atoms with E-state index in [9.17, 15) is 19.2 Å². The normalized spacial score (nSPS) is 17.9. The number of aromatic amines is 2. The Kier molecular flexibility index (Phi) is 19.1. The fraction of sp³-hybridized carbons (Fsp3) is 0.500. The van der Waals surface area contributed by atoms with Gasteiger partial charge >= 0.3 is 12.2 Å². The van der Waals surface area contributed by atoms with Crippen molar-refractivity contribution in [3.8, 4) is 23.1 Å². The molecule has 0 bridgehead atoms. The molecule has 0 unspecified atom stereocenters. The molecule has 14 nitrogen and oxygen atoms in total. The van der Waals surface area contributed by atoms with Crippen molar-refractivity contribution in [3.63, 3.8) is 0 Å². The van der Waals surface area contributed by atoms with Gasteiger partial charge in [0.05, 0.1) is 49.2 Å². The molecule has 3 aliphatic rings. The Balaban J connectivity index is 0.00000256. The second-order valence-corrected chi connectivity index (χ2v) is 16.4. The zero-order valence-corrected chi connectivity index (χ0v) is 40.0. The van der Waals surface area contributed by atoms with Gasteiger partial charge in [-0.1, -0.05) is 44.7 Å². The zero-order chi connectivity index (χ0) is 41.0. The Bertz CT molecular complexity index is 2220. The minimum Gasteiger partial charge on any atom is -0.453 e. The summed E-state index contributed by atoms with van der Waals surface area (Å²) in [5.41, 5.74) is 5.53. The Labute approximate surface area is 392 Å². The van der Waals surface area contributed by atoms with Crippen molar-refractivity contribution in [1.29, 1.82) is 0 Å². The lowest BCUT2D eigenvalue weighted by Gasteiger charge is -2.28. The molecule has 2 aromatic heterocycles. The van der Waals surface area contributed by atoms with E-state index in [0.29, 0.717) is 38.2 Å². The Morgan fingerprint density at radius 2 is 1.55 bits per heavy atom. The molecule has 2 aliphatic heterocycles. The number of nitrogens with one attached hydrogen (secondary N) is 4. The highest BCUT2D eigenvalue weighted by Crippen LogP contribution is 2.58. The highest BCUT2D eigenvalue weighted by Gasteiger charge is 2.54. The minimum absolute atomic E-state index is 0. The predicted molar refractivity (Wildman–Crippen MR) is 260 cm³/mol. The first-order chi connectivity index (χ1) is 28.0. The number of likely N-dealkylation sites (tertiary alicyclic amines) is 2. The summed E-state index contributed by atoms with van der Waals surface area (Å²) >= 11 is 0. The number of fused-ring (bicyclic) bond motifs is 1. The van der Waals surface area contributed by atoms with Crippen molar-refractivity contribution in [1.82, 2.24) is 40.4 Å². The molecule has 3 fully saturated rings. The molecule has 4 heterocycles. The Morgan fingerprint density at radius 1 is 0.855 bits per heavy atom. The van der Waals surface area contributed by atoms with Gasteiger partial charge in [-0.05, 0) is 98.6 Å². The van der Waals surface area contributed by atoms with Crippen LogP contribution in [0.25, 0.3) is 22.3 Å². The summed E-state index contributed by atoms with van der Waals surface area (Å²) in [6, 6.07) is 12.9. The van der Waals surface area contributed by atoms with Crippen LogP contribution >= 0.6 is 54.0 Å². The van der Waals surface area contributed by atoms with Gasteiger partial charge in [-0.3, -0.25) is 9.59 Å². The van der Waals surface area contributed by atoms with Crippen LogP contribution in [0.15, 0.2) is 48.7 Å². The number of H-pyrrole nitrogens is 2. The topological polar surface area (TPSA) is 175 Å². The number of methoxy groups -OCH3 is 2. The molecule has 62 heavy (non-hydrogen) atoms. The van der Waals surface area contributed by atoms with E-state index in [1.807, 2.05) is 49.4 Å². The standard InChI is InChI=1S/C44H54N8O6.4H2S/c1-27(2)28(3)40(53)52-26-44(19-20-44)24-37(52)39-47-32-18-15-30(23-34(32)48-39)12-11-29-13-16-31(17-14-29)35-25-46-38(49-35)36-10-8-22-51(36)41(54)33(50-43(56)58-5)9-6-7-21-45-42(55)57-4;;;;/h13-18,23,25,27-28,33,36-37H,6-10,19-22,24,26H2,1-5H3,(H,45,55)(H,46,49)(H,47,48)(H,50,56);4*1H2/t28-,33-,36-,37-;;;;/m0..../s1. The fourth-order valence-corrected chi connectivity index (χ4v) is 8.12. The molecule has 2 aromatic carbocycles. The van der Waals surface area contributed by atoms with Gasteiger partial charge in [0.1, 0.15) is 17.7 Å². The smallest absolute Gasteiger partial charge is 0.407 e. The van der Waals surface area contributed by atoms with Gasteiger partial charge in [0.2, 0.25) is 11.8 Å². The van der Waals surface area contributed by atoms with Gasteiger partial charge in [0, 0.05) is 36.7 Å². The predicted octanol–water partition coefficient (Wildman–Crippen LogP) is 7.06. The summed E-state index contributed by atoms with van der Waals surface area (Å²) in [5.74, 6) is 8.41. The first-order valence-corrected chi connectivity index (χ1v) is 20.4. The maximum atomic E-state index is 13.8. The van der Waals surface area contributed by atoms with Crippen LogP contribution in [0.2, 0.25) is 0 Å². The largest absolute Gasteiger partial charge is 0.453 e. The van der Waals surface area contributed by atoms with Crippen LogP contribution in [-0.2, 0) is 19.1 Å². The number of rotatable bonds is 12. The van der Waals surface area contributed by atoms with Crippen LogP contribution in [0.5, 0.6) is 0 Å². The summed E-state index contributed by atoms with van der Waals surface area (Å²) < 4.78 is 9.40. The summed E-state index contributed by atoms with van der Waals surface area (Å²) in [5, 5.41) is 5.32. The third kappa shape index (κ3) is 12.0. The molecule has 18 heteroatoms. The number of hydrogen-bond acceptors (Lipinski definition) is 8. The summed E-state index contributed by atoms with van der Waals surface area (Å²) in [7, 11) is 2.57. The number of carbonyl (C=O) groups is 4. The van der Waals surface area contributed by atoms with E-state index in [2.05, 4.69) is 60.9 Å². The summed E-state index contributed by atoms with van der Waals surface area (Å²) in [6.45, 7) is 8.01. The van der Waals surface area contributed by atoms with Crippen LogP contribution in [0.1, 0.15) is 107 Å². The van der Waals surface area contributed by atoms with Crippen LogP contribution in [-0.4, -0.2) is 93.6 Å². The lowest BCUT2D eigenvalue weighted by molar-refractivity contribution is -0.137. The van der Waals surface area contributed by atoms with Crippen LogP contribution in [0.3, 0.4) is 0 Å². The number of imidazole rings is 2. The molecule has 4 atom stereocenters. The zero-order valence-electron chi connectivity index (χ0n) is 36.0. The number of unbranched alkanes of at least 4 members (excludes halogenated alkanes) is 1. The monoisotopic (exact) mass is 926 g/mol. The van der Waals surface area contributed by atoms with Gasteiger partial charge in [-0.25, -0.2) is 19.6 Å². The van der Waals surface area contributed by atoms with E-state index in [-0.39, 0.29) is 95.1 Å². The van der Waals surface area contributed by atoms with E-state index in [1.54, 1.807) is 11.1 Å². The van der Waals surface area contributed by atoms with Crippen molar-refractivity contribution in [2.24, 2.45) is 17.3 Å². The number of benzene rings is 2. The molecule has 4 amide bonds. The number of nitrogens with zero attached hydrogens (tertiary/aromatic N) is 4. The first kappa shape index (κ1) is 51.9. The van der Waals surface area contributed by atoms with Crippen molar-refractivity contribution in [3.05, 3.63) is 71.4 Å². The van der Waals surface area contributed by atoms with Crippen molar-refractivity contribution in [2.75, 3.05) is 33.9 Å². The van der Waals surface area contributed by atoms with Gasteiger partial charge in [-0.2, -0.15) is 54.0 Å². The number of amides is 4. The second-order valence-electron chi connectivity index (χ2n) is 16.4. The number of alkyl carbamates (subject to hydrolysis) is 2. The van der Waals surface area contributed by atoms with Crippen LogP contribution in [0, 0.1) is 29.1 Å². The van der Waals surface area contributed by atoms with E-state index in [0.717, 1.165) is 65.0 Å². The second kappa shape index (κ2) is 22.8. The van der Waals surface area contributed by atoms with Gasteiger partial charge in [-0.15, -0.1) is 0 Å². The van der Waals surface area contributed by atoms with E-state index in [4.69, 9.17) is 9.72 Å². The third-order valence-electron chi connectivity index (χ3n) is 12.1. The molecular formula is C44H62N8O6S4. The first-order valence-electron chi connectivity index (χ1n) is 20.4. The average Bonchev–Trinajstić information content (AvgIpc) is 3.72. The van der Waals surface area contributed by atoms with Crippen molar-refractivity contribution < 1.29 is 28.7 Å². The number of carbonyl (C=O) groups excluding carboxylic acids is 4. The van der Waals surface area contributed by atoms with Gasteiger partial charge in [0.15, 0.2) is 0 Å². The van der Waals surface area contributed by atoms with Crippen molar-refractivity contribution in [2.45, 2.75) is 90.3 Å². The van der Waals surface area contributed by atoms with Crippen molar-refractivity contribution >= 4 is 89.0 Å². The quantitative estimate of drug-likeness (QED) is 0.0863. The average molecular weight is 927 g/mol.